The predicted molar refractivity (Wildman–Crippen MR) is 75.9 cm³/mol. The molecule has 0 N–H and O–H groups in total. The van der Waals surface area contributed by atoms with E-state index in [0.29, 0.717) is 17.2 Å². The molecule has 102 valence electrons. The summed E-state index contributed by atoms with van der Waals surface area (Å²) in [5, 5.41) is 0. The Hall–Kier alpha value is -1.96. The van der Waals surface area contributed by atoms with E-state index in [4.69, 9.17) is 13.6 Å². The van der Waals surface area contributed by atoms with Crippen molar-refractivity contribution in [2.75, 3.05) is 6.66 Å². The first-order valence-electron chi connectivity index (χ1n) is 5.70. The maximum atomic E-state index is 11.7. The van der Waals surface area contributed by atoms with Crippen molar-refractivity contribution in [1.82, 2.24) is 0 Å². The van der Waals surface area contributed by atoms with E-state index < -0.39 is 16.3 Å². The highest BCUT2D eigenvalue weighted by atomic mass is 31.1. The van der Waals surface area contributed by atoms with Gasteiger partial charge >= 0.3 is 16.3 Å². The van der Waals surface area contributed by atoms with Gasteiger partial charge in [0.05, 0.1) is 0 Å². The predicted octanol–water partition coefficient (Wildman–Crippen LogP) is 4.55. The summed E-state index contributed by atoms with van der Waals surface area (Å²) in [7, 11) is -4.02. The first kappa shape index (κ1) is 14.4. The molecule has 7 heteroatoms. The maximum absolute atomic E-state index is 11.7. The molecule has 20 heavy (non-hydrogen) atoms. The summed E-state index contributed by atoms with van der Waals surface area (Å²) in [6.45, 7) is 1.46. The molecule has 0 saturated carbocycles. The molecule has 5 nitrogen and oxygen atoms in total. The average Bonchev–Trinajstić information content (AvgIpc) is 2.41. The van der Waals surface area contributed by atoms with E-state index in [-0.39, 0.29) is 0 Å². The Morgan fingerprint density at radius 3 is 1.65 bits per heavy atom. The fourth-order valence-corrected chi connectivity index (χ4v) is 2.43. The standard InChI is InChI=1S/C13H12O5P2/c1-19(14)16-12-7-9-13(10-8-12)18-20(15)17-11-5-3-2-4-6-11/h2-10H,1H3/q+2. The largest absolute Gasteiger partial charge is 0.805 e. The lowest BCUT2D eigenvalue weighted by Crippen LogP contribution is -1.88. The van der Waals surface area contributed by atoms with Crippen LogP contribution in [0.2, 0.25) is 0 Å². The third-order valence-corrected chi connectivity index (χ3v) is 3.35. The minimum Gasteiger partial charge on any atom is -0.255 e. The Morgan fingerprint density at radius 2 is 1.15 bits per heavy atom. The summed E-state index contributed by atoms with van der Waals surface area (Å²) >= 11 is 0. The Bertz CT molecular complexity index is 598. The molecular weight excluding hydrogens is 298 g/mol. The molecule has 2 rings (SSSR count). The summed E-state index contributed by atoms with van der Waals surface area (Å²) in [6.07, 6.45) is 0. The lowest BCUT2D eigenvalue weighted by Gasteiger charge is -1.95. The summed E-state index contributed by atoms with van der Waals surface area (Å²) < 4.78 is 37.9. The van der Waals surface area contributed by atoms with Crippen LogP contribution >= 0.6 is 16.3 Å². The SMILES string of the molecule is C[P+](=O)Oc1ccc(O[P+](=O)Oc2ccccc2)cc1. The fourth-order valence-electron chi connectivity index (χ4n) is 1.38. The van der Waals surface area contributed by atoms with E-state index in [1.807, 2.05) is 6.07 Å². The van der Waals surface area contributed by atoms with E-state index >= 15 is 0 Å². The highest BCUT2D eigenvalue weighted by molar-refractivity contribution is 7.38. The van der Waals surface area contributed by atoms with Crippen molar-refractivity contribution in [3.05, 3.63) is 54.6 Å². The number of benzene rings is 2. The fraction of sp³-hybridized carbons (Fsp3) is 0.0769. The van der Waals surface area contributed by atoms with Gasteiger partial charge in [-0.15, -0.1) is 0 Å². The Kier molecular flexibility index (Phi) is 5.05. The minimum absolute atomic E-state index is 0.376. The van der Waals surface area contributed by atoms with Crippen molar-refractivity contribution in [3.8, 4) is 17.2 Å². The van der Waals surface area contributed by atoms with Gasteiger partial charge in [0.15, 0.2) is 23.9 Å². The second-order valence-corrected chi connectivity index (χ2v) is 5.60. The molecule has 0 aliphatic heterocycles. The molecular formula is C13H12O5P2+2. The van der Waals surface area contributed by atoms with E-state index in [0.717, 1.165) is 0 Å². The first-order valence-corrected chi connectivity index (χ1v) is 8.42. The molecule has 0 radical (unpaired) electrons. The van der Waals surface area contributed by atoms with Crippen LogP contribution in [0.4, 0.5) is 0 Å². The van der Waals surface area contributed by atoms with E-state index in [1.165, 1.54) is 6.66 Å². The van der Waals surface area contributed by atoms with Crippen LogP contribution in [-0.4, -0.2) is 6.66 Å². The molecule has 0 aromatic heterocycles. The molecule has 2 aromatic carbocycles. The monoisotopic (exact) mass is 310 g/mol. The smallest absolute Gasteiger partial charge is 0.255 e. The lowest BCUT2D eigenvalue weighted by molar-refractivity contribution is 0.415. The van der Waals surface area contributed by atoms with Gasteiger partial charge in [-0.1, -0.05) is 18.2 Å². The highest BCUT2D eigenvalue weighted by Crippen LogP contribution is 2.32. The van der Waals surface area contributed by atoms with Gasteiger partial charge in [0.2, 0.25) is 0 Å². The molecule has 0 amide bonds. The van der Waals surface area contributed by atoms with Crippen molar-refractivity contribution in [3.63, 3.8) is 0 Å². The van der Waals surface area contributed by atoms with Gasteiger partial charge in [0.1, 0.15) is 0 Å². The number of rotatable bonds is 6. The van der Waals surface area contributed by atoms with Crippen LogP contribution in [-0.2, 0) is 9.13 Å². The summed E-state index contributed by atoms with van der Waals surface area (Å²) in [4.78, 5) is 0. The van der Waals surface area contributed by atoms with Crippen molar-refractivity contribution in [2.24, 2.45) is 0 Å². The quantitative estimate of drug-likeness (QED) is 0.732. The van der Waals surface area contributed by atoms with Gasteiger partial charge in [-0.3, -0.25) is 4.52 Å². The van der Waals surface area contributed by atoms with Gasteiger partial charge in [-0.2, -0.15) is 0 Å². The van der Waals surface area contributed by atoms with E-state index in [9.17, 15) is 9.13 Å². The maximum Gasteiger partial charge on any atom is 0.805 e. The summed E-state index contributed by atoms with van der Waals surface area (Å²) in [5.41, 5.74) is 0. The van der Waals surface area contributed by atoms with Crippen LogP contribution in [0.25, 0.3) is 0 Å². The van der Waals surface area contributed by atoms with Crippen molar-refractivity contribution >= 4 is 16.3 Å². The topological polar surface area (TPSA) is 61.8 Å². The van der Waals surface area contributed by atoms with E-state index in [1.54, 1.807) is 48.5 Å². The number of para-hydroxylation sites is 1. The van der Waals surface area contributed by atoms with Crippen molar-refractivity contribution < 1.29 is 22.7 Å². The van der Waals surface area contributed by atoms with Gasteiger partial charge < -0.3 is 0 Å². The van der Waals surface area contributed by atoms with E-state index in [2.05, 4.69) is 0 Å². The third kappa shape index (κ3) is 4.61. The van der Waals surface area contributed by atoms with Crippen LogP contribution in [0.3, 0.4) is 0 Å². The van der Waals surface area contributed by atoms with Crippen LogP contribution < -0.4 is 13.6 Å². The molecule has 0 spiro atoms. The molecule has 0 heterocycles. The van der Waals surface area contributed by atoms with Crippen LogP contribution in [0, 0.1) is 0 Å². The second-order valence-electron chi connectivity index (χ2n) is 3.72. The Labute approximate surface area is 118 Å². The van der Waals surface area contributed by atoms with Gasteiger partial charge in [-0.05, 0) is 41.0 Å². The number of hydrogen-bond donors (Lipinski definition) is 0. The normalized spacial score (nSPS) is 11.4. The van der Waals surface area contributed by atoms with Crippen molar-refractivity contribution in [2.45, 2.75) is 0 Å². The lowest BCUT2D eigenvalue weighted by atomic mass is 10.3. The molecule has 2 atom stereocenters. The highest BCUT2D eigenvalue weighted by Gasteiger charge is 2.24. The molecule has 0 aliphatic rings. The van der Waals surface area contributed by atoms with Crippen LogP contribution in [0.5, 0.6) is 17.2 Å². The molecule has 2 unspecified atom stereocenters. The van der Waals surface area contributed by atoms with Gasteiger partial charge in [0, 0.05) is 4.57 Å². The zero-order chi connectivity index (χ0) is 14.4. The van der Waals surface area contributed by atoms with Crippen LogP contribution in [0.15, 0.2) is 54.6 Å². The number of hydrogen-bond acceptors (Lipinski definition) is 5. The summed E-state index contributed by atoms with van der Waals surface area (Å²) in [5.74, 6) is 1.30. The Balaban J connectivity index is 1.93. The molecule has 0 bridgehead atoms. The average molecular weight is 310 g/mol. The van der Waals surface area contributed by atoms with Crippen molar-refractivity contribution in [1.29, 1.82) is 0 Å². The van der Waals surface area contributed by atoms with Gasteiger partial charge in [0.25, 0.3) is 0 Å². The van der Waals surface area contributed by atoms with Gasteiger partial charge in [-0.25, -0.2) is 9.05 Å². The zero-order valence-electron chi connectivity index (χ0n) is 10.6. The minimum atomic E-state index is -2.31. The Morgan fingerprint density at radius 1 is 0.700 bits per heavy atom. The second kappa shape index (κ2) is 6.99. The summed E-state index contributed by atoms with van der Waals surface area (Å²) in [6, 6.07) is 15.0. The zero-order valence-corrected chi connectivity index (χ0v) is 12.4. The molecule has 2 aromatic rings. The molecule has 0 saturated heterocycles. The molecule has 0 aliphatic carbocycles. The van der Waals surface area contributed by atoms with Crippen LogP contribution in [0.1, 0.15) is 0 Å². The first-order chi connectivity index (χ1) is 9.63. The molecule has 0 fully saturated rings. The third-order valence-electron chi connectivity index (χ3n) is 2.16.